The Kier molecular flexibility index (Phi) is 3.52. The molecule has 0 spiro atoms. The Hall–Kier alpha value is -0.460. The number of sulfonamides is 1. The maximum absolute atomic E-state index is 12.1. The number of nitrogens with zero attached hydrogens (tertiary/aromatic N) is 1. The summed E-state index contributed by atoms with van der Waals surface area (Å²) >= 11 is 0. The van der Waals surface area contributed by atoms with Crippen LogP contribution in [0, 0.1) is 0 Å². The second kappa shape index (κ2) is 4.19. The third-order valence-corrected chi connectivity index (χ3v) is 5.53. The van der Waals surface area contributed by atoms with Gasteiger partial charge in [-0.25, -0.2) is 8.42 Å². The number of nitrogens with one attached hydrogen (secondary N) is 1. The number of carbonyl (C=O) groups excluding carboxylic acids is 1. The lowest BCUT2D eigenvalue weighted by atomic mass is 10.1. The largest absolute Gasteiger partial charge is 0.314 e. The number of hydrogen-bond donors (Lipinski definition) is 1. The fourth-order valence-electron chi connectivity index (χ4n) is 1.39. The van der Waals surface area contributed by atoms with Gasteiger partial charge in [-0.1, -0.05) is 0 Å². The zero-order valence-electron chi connectivity index (χ0n) is 9.41. The summed E-state index contributed by atoms with van der Waals surface area (Å²) in [6, 6.07) is 0. The van der Waals surface area contributed by atoms with Crippen LogP contribution in [0.4, 0.5) is 0 Å². The van der Waals surface area contributed by atoms with Crippen molar-refractivity contribution in [1.29, 1.82) is 0 Å². The summed E-state index contributed by atoms with van der Waals surface area (Å²) in [5.74, 6) is -0.318. The molecular formula is C9H18N2O3S. The van der Waals surface area contributed by atoms with Gasteiger partial charge in [-0.2, -0.15) is 4.31 Å². The Morgan fingerprint density at radius 2 is 1.73 bits per heavy atom. The first-order valence-electron chi connectivity index (χ1n) is 5.01. The van der Waals surface area contributed by atoms with Gasteiger partial charge in [0.05, 0.1) is 0 Å². The first-order valence-corrected chi connectivity index (χ1v) is 6.45. The second-order valence-electron chi connectivity index (χ2n) is 4.22. The van der Waals surface area contributed by atoms with Crippen molar-refractivity contribution >= 4 is 15.8 Å². The summed E-state index contributed by atoms with van der Waals surface area (Å²) in [6.45, 7) is 6.43. The molecule has 0 saturated carbocycles. The summed E-state index contributed by atoms with van der Waals surface area (Å²) in [5.41, 5.74) is 0. The third kappa shape index (κ3) is 2.21. The fraction of sp³-hybridized carbons (Fsp3) is 0.889. The zero-order chi connectivity index (χ0) is 11.7. The Labute approximate surface area is 90.9 Å². The first-order chi connectivity index (χ1) is 6.80. The van der Waals surface area contributed by atoms with Crippen molar-refractivity contribution in [2.24, 2.45) is 0 Å². The van der Waals surface area contributed by atoms with Crippen LogP contribution in [0.25, 0.3) is 0 Å². The van der Waals surface area contributed by atoms with Crippen LogP contribution in [-0.4, -0.2) is 49.4 Å². The number of piperazine rings is 1. The molecule has 0 aromatic carbocycles. The smallest absolute Gasteiger partial charge is 0.226 e. The molecule has 1 N–H and O–H groups in total. The van der Waals surface area contributed by atoms with Crippen molar-refractivity contribution < 1.29 is 13.2 Å². The van der Waals surface area contributed by atoms with E-state index in [1.54, 1.807) is 0 Å². The zero-order valence-corrected chi connectivity index (χ0v) is 10.2. The van der Waals surface area contributed by atoms with Crippen molar-refractivity contribution in [2.75, 3.05) is 26.2 Å². The molecule has 6 heteroatoms. The molecule has 1 aliphatic heterocycles. The molecule has 88 valence electrons. The number of carbonyl (C=O) groups is 1. The highest BCUT2D eigenvalue weighted by atomic mass is 32.2. The van der Waals surface area contributed by atoms with E-state index in [2.05, 4.69) is 5.32 Å². The molecule has 0 aromatic rings. The second-order valence-corrected chi connectivity index (χ2v) is 6.71. The number of Topliss-reactive ketones (excluding diaryl/α,β-unsaturated/α-hetero) is 1. The van der Waals surface area contributed by atoms with Crippen LogP contribution in [0.5, 0.6) is 0 Å². The minimum absolute atomic E-state index is 0.318. The molecule has 1 aliphatic rings. The summed E-state index contributed by atoms with van der Waals surface area (Å²) in [7, 11) is -3.52. The first kappa shape index (κ1) is 12.6. The van der Waals surface area contributed by atoms with Gasteiger partial charge in [-0.05, 0) is 20.8 Å². The minimum atomic E-state index is -3.52. The van der Waals surface area contributed by atoms with E-state index in [4.69, 9.17) is 0 Å². The lowest BCUT2D eigenvalue weighted by molar-refractivity contribution is -0.118. The molecule has 1 saturated heterocycles. The van der Waals surface area contributed by atoms with Gasteiger partial charge in [0, 0.05) is 26.2 Å². The van der Waals surface area contributed by atoms with E-state index >= 15 is 0 Å². The number of hydrogen-bond acceptors (Lipinski definition) is 4. The van der Waals surface area contributed by atoms with Gasteiger partial charge >= 0.3 is 0 Å². The standard InChI is InChI=1S/C9H18N2O3S/c1-8(12)9(2,3)15(13,14)11-6-4-10-5-7-11/h10H,4-7H2,1-3H3. The van der Waals surface area contributed by atoms with E-state index in [0.717, 1.165) is 0 Å². The van der Waals surface area contributed by atoms with Crippen LogP contribution < -0.4 is 5.32 Å². The summed E-state index contributed by atoms with van der Waals surface area (Å²) < 4.78 is 24.3. The Morgan fingerprint density at radius 1 is 1.27 bits per heavy atom. The van der Waals surface area contributed by atoms with Crippen molar-refractivity contribution in [1.82, 2.24) is 9.62 Å². The summed E-state index contributed by atoms with van der Waals surface area (Å²) in [4.78, 5) is 11.3. The maximum Gasteiger partial charge on any atom is 0.226 e. The van der Waals surface area contributed by atoms with Gasteiger partial charge in [-0.3, -0.25) is 4.79 Å². The molecule has 0 unspecified atom stereocenters. The molecule has 5 nitrogen and oxygen atoms in total. The van der Waals surface area contributed by atoms with Crippen LogP contribution in [0.3, 0.4) is 0 Å². The molecule has 0 atom stereocenters. The number of rotatable bonds is 3. The van der Waals surface area contributed by atoms with Gasteiger partial charge in [0.25, 0.3) is 0 Å². The van der Waals surface area contributed by atoms with E-state index < -0.39 is 14.8 Å². The molecule has 1 heterocycles. The topological polar surface area (TPSA) is 66.5 Å². The average molecular weight is 234 g/mol. The van der Waals surface area contributed by atoms with Gasteiger partial charge < -0.3 is 5.32 Å². The van der Waals surface area contributed by atoms with E-state index in [-0.39, 0.29) is 5.78 Å². The molecule has 1 fully saturated rings. The van der Waals surface area contributed by atoms with Gasteiger partial charge in [-0.15, -0.1) is 0 Å². The van der Waals surface area contributed by atoms with Crippen LogP contribution >= 0.6 is 0 Å². The maximum atomic E-state index is 12.1. The van der Waals surface area contributed by atoms with Crippen LogP contribution in [0.15, 0.2) is 0 Å². The molecular weight excluding hydrogens is 216 g/mol. The fourth-order valence-corrected chi connectivity index (χ4v) is 3.06. The number of ketones is 1. The SMILES string of the molecule is CC(=O)C(C)(C)S(=O)(=O)N1CCNCC1. The van der Waals surface area contributed by atoms with Crippen molar-refractivity contribution in [3.63, 3.8) is 0 Å². The van der Waals surface area contributed by atoms with E-state index in [9.17, 15) is 13.2 Å². The van der Waals surface area contributed by atoms with E-state index in [1.807, 2.05) is 0 Å². The quantitative estimate of drug-likeness (QED) is 0.721. The van der Waals surface area contributed by atoms with Crippen LogP contribution in [0.1, 0.15) is 20.8 Å². The van der Waals surface area contributed by atoms with Crippen molar-refractivity contribution in [3.05, 3.63) is 0 Å². The highest BCUT2D eigenvalue weighted by Crippen LogP contribution is 2.22. The molecule has 0 aromatic heterocycles. The predicted octanol–water partition coefficient (Wildman–Crippen LogP) is -0.411. The highest BCUT2D eigenvalue weighted by Gasteiger charge is 2.43. The van der Waals surface area contributed by atoms with Crippen molar-refractivity contribution in [2.45, 2.75) is 25.5 Å². The minimum Gasteiger partial charge on any atom is -0.314 e. The molecule has 15 heavy (non-hydrogen) atoms. The highest BCUT2D eigenvalue weighted by molar-refractivity contribution is 7.91. The van der Waals surface area contributed by atoms with Crippen LogP contribution in [-0.2, 0) is 14.8 Å². The van der Waals surface area contributed by atoms with Crippen LogP contribution in [0.2, 0.25) is 0 Å². The Balaban J connectivity index is 2.95. The summed E-state index contributed by atoms with van der Waals surface area (Å²) in [6.07, 6.45) is 0. The van der Waals surface area contributed by atoms with Gasteiger partial charge in [0.2, 0.25) is 10.0 Å². The molecule has 0 amide bonds. The molecule has 0 bridgehead atoms. The lowest BCUT2D eigenvalue weighted by Gasteiger charge is -2.33. The molecule has 1 rings (SSSR count). The monoisotopic (exact) mass is 234 g/mol. The van der Waals surface area contributed by atoms with Crippen molar-refractivity contribution in [3.8, 4) is 0 Å². The summed E-state index contributed by atoms with van der Waals surface area (Å²) in [5, 5.41) is 3.08. The van der Waals surface area contributed by atoms with E-state index in [1.165, 1.54) is 25.1 Å². The van der Waals surface area contributed by atoms with Gasteiger partial charge in [0.1, 0.15) is 4.75 Å². The molecule has 0 aliphatic carbocycles. The normalized spacial score (nSPS) is 20.2. The third-order valence-electron chi connectivity index (χ3n) is 2.91. The predicted molar refractivity (Wildman–Crippen MR) is 58.1 cm³/mol. The average Bonchev–Trinajstić information content (AvgIpc) is 2.18. The lowest BCUT2D eigenvalue weighted by Crippen LogP contribution is -2.54. The Morgan fingerprint density at radius 3 is 2.13 bits per heavy atom. The van der Waals surface area contributed by atoms with E-state index in [0.29, 0.717) is 26.2 Å². The van der Waals surface area contributed by atoms with Gasteiger partial charge in [0.15, 0.2) is 5.78 Å². The Bertz CT molecular complexity index is 342. The molecule has 0 radical (unpaired) electrons.